The van der Waals surface area contributed by atoms with Gasteiger partial charge in [-0.3, -0.25) is 15.1 Å². The molecule has 5 rings (SSSR count). The highest BCUT2D eigenvalue weighted by Crippen LogP contribution is 2.31. The van der Waals surface area contributed by atoms with E-state index in [2.05, 4.69) is 47.6 Å². The van der Waals surface area contributed by atoms with Crippen molar-refractivity contribution in [3.63, 3.8) is 0 Å². The summed E-state index contributed by atoms with van der Waals surface area (Å²) in [6.07, 6.45) is 2.04. The highest BCUT2D eigenvalue weighted by atomic mass is 19.4. The molecule has 1 amide bonds. The minimum Gasteiger partial charge on any atom is -0.378 e. The number of hydrogen-bond donors (Lipinski definition) is 3. The van der Waals surface area contributed by atoms with Crippen molar-refractivity contribution in [1.82, 2.24) is 25.3 Å². The number of aromatic nitrogens is 4. The molecular weight excluding hydrogens is 499 g/mol. The molecule has 4 heterocycles. The summed E-state index contributed by atoms with van der Waals surface area (Å²) < 4.78 is 42.8. The lowest BCUT2D eigenvalue weighted by Crippen LogP contribution is -2.42. The highest BCUT2D eigenvalue weighted by molar-refractivity contribution is 5.96. The fourth-order valence-electron chi connectivity index (χ4n) is 4.23. The molecule has 4 aromatic rings. The molecule has 0 bridgehead atoms. The first-order valence-corrected chi connectivity index (χ1v) is 12.1. The molecule has 0 spiro atoms. The van der Waals surface area contributed by atoms with Crippen LogP contribution >= 0.6 is 0 Å². The number of pyridine rings is 1. The quantitative estimate of drug-likeness (QED) is 0.335. The van der Waals surface area contributed by atoms with Crippen LogP contribution in [-0.4, -0.2) is 70.9 Å². The predicted octanol–water partition coefficient (Wildman–Crippen LogP) is 4.00. The number of nitrogens with one attached hydrogen (secondary N) is 3. The van der Waals surface area contributed by atoms with Gasteiger partial charge in [-0.1, -0.05) is 12.1 Å². The molecule has 0 aliphatic carbocycles. The molecule has 0 radical (unpaired) electrons. The molecular formula is C26H26F3N7O2. The number of anilines is 2. The van der Waals surface area contributed by atoms with Crippen LogP contribution in [0.2, 0.25) is 0 Å². The molecule has 1 atom stereocenters. The van der Waals surface area contributed by atoms with E-state index in [0.29, 0.717) is 24.6 Å². The molecule has 198 valence electrons. The second kappa shape index (κ2) is 10.8. The maximum absolute atomic E-state index is 12.5. The Balaban J connectivity index is 1.38. The average Bonchev–Trinajstić information content (AvgIpc) is 3.35. The van der Waals surface area contributed by atoms with Crippen molar-refractivity contribution in [3.8, 4) is 22.4 Å². The third-order valence-electron chi connectivity index (χ3n) is 6.25. The van der Waals surface area contributed by atoms with Crippen LogP contribution in [-0.2, 0) is 9.53 Å². The van der Waals surface area contributed by atoms with Crippen LogP contribution in [0.5, 0.6) is 0 Å². The summed E-state index contributed by atoms with van der Waals surface area (Å²) in [4.78, 5) is 31.0. The topological polar surface area (TPSA) is 108 Å². The fraction of sp³-hybridized carbons (Fsp3) is 0.308. The van der Waals surface area contributed by atoms with Gasteiger partial charge < -0.3 is 19.9 Å². The van der Waals surface area contributed by atoms with Crippen molar-refractivity contribution in [2.45, 2.75) is 19.1 Å². The molecule has 0 saturated carbocycles. The van der Waals surface area contributed by atoms with E-state index in [1.807, 2.05) is 18.2 Å². The summed E-state index contributed by atoms with van der Waals surface area (Å²) in [6.45, 7) is 3.16. The minimum atomic E-state index is -4.42. The van der Waals surface area contributed by atoms with Gasteiger partial charge in [-0.2, -0.15) is 13.2 Å². The summed E-state index contributed by atoms with van der Waals surface area (Å²) in [5.74, 6) is -0.520. The standard InChI is InChI=1S/C26H26F3N7O2/c1-16(33-15-26(27,28)29)25(37)35-23-14-30-13-22(34-23)21-12-32-24-20(21)10-18(11-31-24)17-3-2-4-19(9-17)36-5-7-38-8-6-36/h2-4,9-14,16,33H,5-8,15H2,1H3,(H,31,32)(H,34,35,37)/t16-/m1/s1. The molecule has 12 heteroatoms. The van der Waals surface area contributed by atoms with Crippen molar-refractivity contribution in [3.05, 3.63) is 55.1 Å². The number of hydrogen-bond acceptors (Lipinski definition) is 7. The summed E-state index contributed by atoms with van der Waals surface area (Å²) in [6, 6.07) is 9.20. The van der Waals surface area contributed by atoms with Gasteiger partial charge in [0.15, 0.2) is 5.82 Å². The zero-order valence-corrected chi connectivity index (χ0v) is 20.5. The Kier molecular flexibility index (Phi) is 7.25. The second-order valence-corrected chi connectivity index (χ2v) is 8.97. The van der Waals surface area contributed by atoms with Crippen LogP contribution < -0.4 is 15.5 Å². The predicted molar refractivity (Wildman–Crippen MR) is 138 cm³/mol. The summed E-state index contributed by atoms with van der Waals surface area (Å²) in [5, 5.41) is 5.49. The lowest BCUT2D eigenvalue weighted by molar-refractivity contribution is -0.129. The van der Waals surface area contributed by atoms with E-state index in [4.69, 9.17) is 4.74 Å². The fourth-order valence-corrected chi connectivity index (χ4v) is 4.23. The van der Waals surface area contributed by atoms with E-state index in [1.165, 1.54) is 13.1 Å². The van der Waals surface area contributed by atoms with E-state index >= 15 is 0 Å². The summed E-state index contributed by atoms with van der Waals surface area (Å²) in [7, 11) is 0. The van der Waals surface area contributed by atoms with Crippen molar-refractivity contribution >= 4 is 28.4 Å². The number of carbonyl (C=O) groups excluding carboxylic acids is 1. The molecule has 0 unspecified atom stereocenters. The molecule has 1 aromatic carbocycles. The lowest BCUT2D eigenvalue weighted by atomic mass is 10.0. The van der Waals surface area contributed by atoms with Gasteiger partial charge in [-0.15, -0.1) is 0 Å². The molecule has 3 aromatic heterocycles. The number of ether oxygens (including phenoxy) is 1. The molecule has 1 fully saturated rings. The van der Waals surface area contributed by atoms with E-state index in [-0.39, 0.29) is 5.82 Å². The first-order valence-electron chi connectivity index (χ1n) is 12.1. The van der Waals surface area contributed by atoms with Crippen LogP contribution in [0, 0.1) is 0 Å². The number of morpholine rings is 1. The minimum absolute atomic E-state index is 0.129. The molecule has 9 nitrogen and oxygen atoms in total. The number of rotatable bonds is 7. The Morgan fingerprint density at radius 1 is 1.16 bits per heavy atom. The Bertz CT molecular complexity index is 1430. The Labute approximate surface area is 216 Å². The number of halogens is 3. The molecule has 1 aliphatic heterocycles. The van der Waals surface area contributed by atoms with Crippen molar-refractivity contribution in [2.75, 3.05) is 43.1 Å². The number of amides is 1. The van der Waals surface area contributed by atoms with Crippen molar-refractivity contribution in [2.24, 2.45) is 0 Å². The van der Waals surface area contributed by atoms with Gasteiger partial charge in [-0.25, -0.2) is 9.97 Å². The van der Waals surface area contributed by atoms with Gasteiger partial charge in [0.1, 0.15) is 5.65 Å². The van der Waals surface area contributed by atoms with Crippen LogP contribution in [0.3, 0.4) is 0 Å². The number of benzene rings is 1. The number of nitrogens with zero attached hydrogens (tertiary/aromatic N) is 4. The zero-order valence-electron chi connectivity index (χ0n) is 20.5. The molecule has 1 aliphatic rings. The van der Waals surface area contributed by atoms with E-state index < -0.39 is 24.7 Å². The smallest absolute Gasteiger partial charge is 0.378 e. The van der Waals surface area contributed by atoms with Gasteiger partial charge in [0.2, 0.25) is 5.91 Å². The summed E-state index contributed by atoms with van der Waals surface area (Å²) >= 11 is 0. The molecule has 3 N–H and O–H groups in total. The number of carbonyl (C=O) groups is 1. The number of alkyl halides is 3. The zero-order chi connectivity index (χ0) is 26.7. The van der Waals surface area contributed by atoms with Gasteiger partial charge in [0.25, 0.3) is 0 Å². The third kappa shape index (κ3) is 5.92. The van der Waals surface area contributed by atoms with Gasteiger partial charge in [-0.05, 0) is 30.7 Å². The number of fused-ring (bicyclic) bond motifs is 1. The molecule has 38 heavy (non-hydrogen) atoms. The molecule has 1 saturated heterocycles. The number of aromatic amines is 1. The van der Waals surface area contributed by atoms with E-state index in [9.17, 15) is 18.0 Å². The first-order chi connectivity index (χ1) is 18.3. The average molecular weight is 526 g/mol. The van der Waals surface area contributed by atoms with Gasteiger partial charge in [0, 0.05) is 47.7 Å². The second-order valence-electron chi connectivity index (χ2n) is 8.97. The van der Waals surface area contributed by atoms with Crippen LogP contribution in [0.25, 0.3) is 33.4 Å². The van der Waals surface area contributed by atoms with Crippen LogP contribution in [0.15, 0.2) is 55.1 Å². The van der Waals surface area contributed by atoms with Gasteiger partial charge >= 0.3 is 6.18 Å². The van der Waals surface area contributed by atoms with Crippen LogP contribution in [0.1, 0.15) is 6.92 Å². The Morgan fingerprint density at radius 3 is 2.76 bits per heavy atom. The van der Waals surface area contributed by atoms with Crippen molar-refractivity contribution in [1.29, 1.82) is 0 Å². The highest BCUT2D eigenvalue weighted by Gasteiger charge is 2.28. The Morgan fingerprint density at radius 2 is 1.97 bits per heavy atom. The first kappa shape index (κ1) is 25.6. The van der Waals surface area contributed by atoms with E-state index in [0.717, 1.165) is 40.9 Å². The maximum atomic E-state index is 12.5. The van der Waals surface area contributed by atoms with Crippen molar-refractivity contribution < 1.29 is 22.7 Å². The van der Waals surface area contributed by atoms with E-state index in [1.54, 1.807) is 18.6 Å². The largest absolute Gasteiger partial charge is 0.401 e. The lowest BCUT2D eigenvalue weighted by Gasteiger charge is -2.29. The number of H-pyrrole nitrogens is 1. The SMILES string of the molecule is C[C@@H](NCC(F)(F)F)C(=O)Nc1cncc(-c2c[nH]c3ncc(-c4cccc(N5CCOCC5)c4)cc23)n1. The third-order valence-corrected chi connectivity index (χ3v) is 6.25. The Hall–Kier alpha value is -4.03. The normalized spacial score (nSPS) is 15.0. The maximum Gasteiger partial charge on any atom is 0.401 e. The van der Waals surface area contributed by atoms with Crippen LogP contribution in [0.4, 0.5) is 24.7 Å². The van der Waals surface area contributed by atoms with Gasteiger partial charge in [0.05, 0.1) is 43.9 Å². The monoisotopic (exact) mass is 525 g/mol. The summed E-state index contributed by atoms with van der Waals surface area (Å²) in [5.41, 5.74) is 4.93.